The number of H-pyrrole nitrogens is 1. The second-order valence-corrected chi connectivity index (χ2v) is 6.57. The molecule has 0 spiro atoms. The first-order valence-electron chi connectivity index (χ1n) is 8.40. The number of aryl methyl sites for hydroxylation is 1. The minimum absolute atomic E-state index is 0.0692. The van der Waals surface area contributed by atoms with Crippen molar-refractivity contribution in [2.24, 2.45) is 0 Å². The molecule has 3 aromatic heterocycles. The zero-order chi connectivity index (χ0) is 17.6. The lowest BCUT2D eigenvalue weighted by atomic mass is 9.95. The number of amides is 1. The van der Waals surface area contributed by atoms with E-state index in [1.165, 1.54) is 15.4 Å². The summed E-state index contributed by atoms with van der Waals surface area (Å²) in [5, 5.41) is 3.18. The van der Waals surface area contributed by atoms with E-state index in [1.807, 2.05) is 17.9 Å². The van der Waals surface area contributed by atoms with E-state index in [-0.39, 0.29) is 17.5 Å². The molecule has 0 unspecified atom stereocenters. The maximum absolute atomic E-state index is 12.5. The first kappa shape index (κ1) is 15.6. The molecule has 0 aromatic carbocycles. The van der Waals surface area contributed by atoms with Gasteiger partial charge in [0.15, 0.2) is 5.65 Å². The van der Waals surface area contributed by atoms with Crippen LogP contribution in [0.25, 0.3) is 5.65 Å². The quantitative estimate of drug-likeness (QED) is 0.730. The molecule has 1 N–H and O–H groups in total. The standard InChI is InChI=1S/C17H20N6O2/c1-11-12(2)19-15-8-14(20-23(15)16(11)24)13-4-3-6-21(9-13)17(25)22-7-5-18-10-22/h5,7-8,10,13,20H,3-4,6,9H2,1-2H3/t13-/m1/s1. The molecule has 1 aliphatic heterocycles. The molecule has 3 aromatic rings. The number of aromatic nitrogens is 5. The SMILES string of the molecule is Cc1nc2cc([C@@H]3CCCN(C(=O)n4ccnc4)C3)[nH]n2c(=O)c1C. The number of carbonyl (C=O) groups excluding carboxylic acids is 1. The number of aromatic amines is 1. The average molecular weight is 340 g/mol. The highest BCUT2D eigenvalue weighted by Gasteiger charge is 2.27. The number of likely N-dealkylation sites (tertiary alicyclic amines) is 1. The van der Waals surface area contributed by atoms with E-state index in [1.54, 1.807) is 19.3 Å². The van der Waals surface area contributed by atoms with E-state index in [4.69, 9.17) is 0 Å². The Balaban J connectivity index is 1.63. The van der Waals surface area contributed by atoms with Crippen molar-refractivity contribution < 1.29 is 4.79 Å². The normalized spacial score (nSPS) is 18.0. The Hall–Kier alpha value is -2.90. The monoisotopic (exact) mass is 340 g/mol. The summed E-state index contributed by atoms with van der Waals surface area (Å²) >= 11 is 0. The van der Waals surface area contributed by atoms with Gasteiger partial charge in [0.1, 0.15) is 6.33 Å². The van der Waals surface area contributed by atoms with Gasteiger partial charge in [-0.3, -0.25) is 14.5 Å². The fourth-order valence-electron chi connectivity index (χ4n) is 3.39. The van der Waals surface area contributed by atoms with Crippen LogP contribution in [-0.4, -0.2) is 48.2 Å². The van der Waals surface area contributed by atoms with E-state index in [0.717, 1.165) is 30.8 Å². The summed E-state index contributed by atoms with van der Waals surface area (Å²) in [7, 11) is 0. The van der Waals surface area contributed by atoms with Crippen molar-refractivity contribution in [1.29, 1.82) is 0 Å². The van der Waals surface area contributed by atoms with E-state index in [0.29, 0.717) is 17.8 Å². The van der Waals surface area contributed by atoms with Crippen LogP contribution in [0.3, 0.4) is 0 Å². The van der Waals surface area contributed by atoms with Crippen molar-refractivity contribution in [3.05, 3.63) is 52.1 Å². The Kier molecular flexibility index (Phi) is 3.67. The summed E-state index contributed by atoms with van der Waals surface area (Å²) in [5.74, 6) is 0.155. The Labute approximate surface area is 144 Å². The van der Waals surface area contributed by atoms with Gasteiger partial charge in [0.2, 0.25) is 0 Å². The molecule has 25 heavy (non-hydrogen) atoms. The van der Waals surface area contributed by atoms with Gasteiger partial charge in [0.05, 0.1) is 0 Å². The second kappa shape index (κ2) is 5.87. The first-order chi connectivity index (χ1) is 12.0. The number of hydrogen-bond acceptors (Lipinski definition) is 4. The number of nitrogens with one attached hydrogen (secondary N) is 1. The fourth-order valence-corrected chi connectivity index (χ4v) is 3.39. The highest BCUT2D eigenvalue weighted by Crippen LogP contribution is 2.26. The van der Waals surface area contributed by atoms with Crippen LogP contribution in [0, 0.1) is 13.8 Å². The molecule has 1 fully saturated rings. The van der Waals surface area contributed by atoms with Gasteiger partial charge in [0, 0.05) is 54.4 Å². The molecule has 0 radical (unpaired) electrons. The topological polar surface area (TPSA) is 88.3 Å². The minimum atomic E-state index is -0.0732. The van der Waals surface area contributed by atoms with Gasteiger partial charge >= 0.3 is 6.03 Å². The Bertz CT molecular complexity index is 985. The molecule has 1 aliphatic rings. The molecule has 4 rings (SSSR count). The van der Waals surface area contributed by atoms with Crippen molar-refractivity contribution in [3.63, 3.8) is 0 Å². The molecule has 8 heteroatoms. The number of imidazole rings is 1. The van der Waals surface area contributed by atoms with E-state index in [9.17, 15) is 9.59 Å². The maximum atomic E-state index is 12.5. The van der Waals surface area contributed by atoms with Crippen molar-refractivity contribution in [2.75, 3.05) is 13.1 Å². The van der Waals surface area contributed by atoms with Crippen LogP contribution in [0.1, 0.15) is 35.7 Å². The molecule has 4 heterocycles. The maximum Gasteiger partial charge on any atom is 0.329 e. The summed E-state index contributed by atoms with van der Waals surface area (Å²) in [4.78, 5) is 35.2. The van der Waals surface area contributed by atoms with Crippen molar-refractivity contribution in [2.45, 2.75) is 32.6 Å². The number of carbonyl (C=O) groups is 1. The van der Waals surface area contributed by atoms with Crippen LogP contribution in [0.2, 0.25) is 0 Å². The van der Waals surface area contributed by atoms with Crippen molar-refractivity contribution >= 4 is 11.7 Å². The molecule has 1 saturated heterocycles. The highest BCUT2D eigenvalue weighted by atomic mass is 16.2. The number of piperidine rings is 1. The number of hydrogen-bond donors (Lipinski definition) is 1. The van der Waals surface area contributed by atoms with Crippen LogP contribution in [-0.2, 0) is 0 Å². The number of fused-ring (bicyclic) bond motifs is 1. The zero-order valence-electron chi connectivity index (χ0n) is 14.3. The van der Waals surface area contributed by atoms with Crippen LogP contribution in [0.15, 0.2) is 29.6 Å². The summed E-state index contributed by atoms with van der Waals surface area (Å²) in [6, 6.07) is 1.85. The minimum Gasteiger partial charge on any atom is -0.323 e. The molecule has 0 bridgehead atoms. The van der Waals surface area contributed by atoms with Gasteiger partial charge in [-0.1, -0.05) is 0 Å². The van der Waals surface area contributed by atoms with Crippen LogP contribution in [0.4, 0.5) is 4.79 Å². The average Bonchev–Trinajstić information content (AvgIpc) is 3.29. The summed E-state index contributed by atoms with van der Waals surface area (Å²) < 4.78 is 2.99. The molecule has 8 nitrogen and oxygen atoms in total. The van der Waals surface area contributed by atoms with Gasteiger partial charge in [-0.05, 0) is 26.7 Å². The lowest BCUT2D eigenvalue weighted by molar-refractivity contribution is 0.180. The molecule has 0 saturated carbocycles. The number of rotatable bonds is 1. The third-order valence-electron chi connectivity index (χ3n) is 4.96. The second-order valence-electron chi connectivity index (χ2n) is 6.57. The van der Waals surface area contributed by atoms with Crippen molar-refractivity contribution in [1.82, 2.24) is 29.0 Å². The van der Waals surface area contributed by atoms with Gasteiger partial charge in [0.25, 0.3) is 5.56 Å². The number of nitrogens with zero attached hydrogens (tertiary/aromatic N) is 5. The van der Waals surface area contributed by atoms with Crippen LogP contribution < -0.4 is 5.56 Å². The predicted molar refractivity (Wildman–Crippen MR) is 91.9 cm³/mol. The van der Waals surface area contributed by atoms with Gasteiger partial charge in [-0.2, -0.15) is 0 Å². The highest BCUT2D eigenvalue weighted by molar-refractivity contribution is 5.76. The zero-order valence-corrected chi connectivity index (χ0v) is 14.3. The van der Waals surface area contributed by atoms with Crippen LogP contribution >= 0.6 is 0 Å². The lowest BCUT2D eigenvalue weighted by Crippen LogP contribution is -2.41. The Morgan fingerprint density at radius 2 is 2.20 bits per heavy atom. The largest absolute Gasteiger partial charge is 0.329 e. The van der Waals surface area contributed by atoms with Crippen molar-refractivity contribution in [3.8, 4) is 0 Å². The molecular formula is C17H20N6O2. The molecule has 1 atom stereocenters. The third kappa shape index (κ3) is 2.63. The summed E-state index contributed by atoms with van der Waals surface area (Å²) in [5.41, 5.74) is 2.89. The lowest BCUT2D eigenvalue weighted by Gasteiger charge is -2.32. The fraction of sp³-hybridized carbons (Fsp3) is 0.412. The predicted octanol–water partition coefficient (Wildman–Crippen LogP) is 1.68. The molecule has 0 aliphatic carbocycles. The first-order valence-corrected chi connectivity index (χ1v) is 8.40. The van der Waals surface area contributed by atoms with Gasteiger partial charge < -0.3 is 4.90 Å². The molecular weight excluding hydrogens is 320 g/mol. The third-order valence-corrected chi connectivity index (χ3v) is 4.96. The smallest absolute Gasteiger partial charge is 0.323 e. The van der Waals surface area contributed by atoms with Gasteiger partial charge in [-0.15, -0.1) is 0 Å². The van der Waals surface area contributed by atoms with E-state index in [2.05, 4.69) is 15.1 Å². The van der Waals surface area contributed by atoms with Crippen LogP contribution in [0.5, 0.6) is 0 Å². The van der Waals surface area contributed by atoms with Gasteiger partial charge in [-0.25, -0.2) is 19.3 Å². The molecule has 1 amide bonds. The summed E-state index contributed by atoms with van der Waals surface area (Å²) in [6.07, 6.45) is 6.65. The Morgan fingerprint density at radius 1 is 1.36 bits per heavy atom. The Morgan fingerprint density at radius 3 is 2.96 bits per heavy atom. The summed E-state index contributed by atoms with van der Waals surface area (Å²) in [6.45, 7) is 4.96. The molecule has 130 valence electrons. The van der Waals surface area contributed by atoms with E-state index >= 15 is 0 Å². The van der Waals surface area contributed by atoms with E-state index < -0.39 is 0 Å².